The molecule has 0 spiro atoms. The Morgan fingerprint density at radius 1 is 1.33 bits per heavy atom. The number of aromatic nitrogens is 2. The maximum Gasteiger partial charge on any atom is 0.231 e. The summed E-state index contributed by atoms with van der Waals surface area (Å²) in [6, 6.07) is 0.302. The van der Waals surface area contributed by atoms with Crippen molar-refractivity contribution < 1.29 is 9.26 Å². The highest BCUT2D eigenvalue weighted by molar-refractivity contribution is 4.97. The molecule has 0 aliphatic rings. The molecule has 5 nitrogen and oxygen atoms in total. The van der Waals surface area contributed by atoms with E-state index in [-0.39, 0.29) is 12.0 Å². The molecule has 1 heterocycles. The van der Waals surface area contributed by atoms with Crippen molar-refractivity contribution in [3.63, 3.8) is 0 Å². The first kappa shape index (κ1) is 12.1. The van der Waals surface area contributed by atoms with Gasteiger partial charge in [-0.2, -0.15) is 4.98 Å². The predicted octanol–water partition coefficient (Wildman–Crippen LogP) is 1.49. The Hall–Kier alpha value is -0.940. The van der Waals surface area contributed by atoms with E-state index in [1.165, 1.54) is 0 Å². The van der Waals surface area contributed by atoms with Crippen molar-refractivity contribution in [3.05, 3.63) is 11.7 Å². The molecule has 1 aromatic heterocycles. The Morgan fingerprint density at radius 3 is 2.53 bits per heavy atom. The second kappa shape index (κ2) is 5.23. The molecule has 0 aromatic carbocycles. The van der Waals surface area contributed by atoms with E-state index < -0.39 is 0 Å². The summed E-state index contributed by atoms with van der Waals surface area (Å²) < 4.78 is 10.3. The molecular weight excluding hydrogens is 194 g/mol. The van der Waals surface area contributed by atoms with Crippen LogP contribution in [0.5, 0.6) is 0 Å². The number of nitrogens with zero attached hydrogens (tertiary/aromatic N) is 2. The summed E-state index contributed by atoms with van der Waals surface area (Å²) >= 11 is 0. The highest BCUT2D eigenvalue weighted by atomic mass is 16.5. The van der Waals surface area contributed by atoms with Gasteiger partial charge in [-0.25, -0.2) is 0 Å². The molecule has 0 amide bonds. The van der Waals surface area contributed by atoms with Crippen molar-refractivity contribution in [2.24, 2.45) is 0 Å². The molecule has 15 heavy (non-hydrogen) atoms. The lowest BCUT2D eigenvalue weighted by Crippen LogP contribution is -2.27. The summed E-state index contributed by atoms with van der Waals surface area (Å²) in [5.74, 6) is 1.44. The lowest BCUT2D eigenvalue weighted by atomic mass is 10.0. The van der Waals surface area contributed by atoms with E-state index in [0.717, 1.165) is 0 Å². The quantitative estimate of drug-likeness (QED) is 0.803. The number of rotatable bonds is 5. The SMILES string of the molecule is CNC(C)C(C)c1nc(C(C)OC)no1. The minimum Gasteiger partial charge on any atom is -0.374 e. The Kier molecular flexibility index (Phi) is 4.23. The molecule has 5 heteroatoms. The van der Waals surface area contributed by atoms with E-state index in [2.05, 4.69) is 29.3 Å². The van der Waals surface area contributed by atoms with Gasteiger partial charge in [0.05, 0.1) is 5.92 Å². The molecule has 86 valence electrons. The minimum absolute atomic E-state index is 0.125. The van der Waals surface area contributed by atoms with Crippen molar-refractivity contribution in [2.75, 3.05) is 14.2 Å². The fourth-order valence-electron chi connectivity index (χ4n) is 1.17. The second-order valence-corrected chi connectivity index (χ2v) is 3.73. The highest BCUT2D eigenvalue weighted by Gasteiger charge is 2.21. The van der Waals surface area contributed by atoms with Crippen LogP contribution >= 0.6 is 0 Å². The first-order chi connectivity index (χ1) is 7.10. The van der Waals surface area contributed by atoms with Crippen LogP contribution in [0.3, 0.4) is 0 Å². The lowest BCUT2D eigenvalue weighted by Gasteiger charge is -2.14. The monoisotopic (exact) mass is 213 g/mol. The summed E-state index contributed by atoms with van der Waals surface area (Å²) in [5, 5.41) is 7.04. The van der Waals surface area contributed by atoms with Gasteiger partial charge in [0, 0.05) is 13.2 Å². The van der Waals surface area contributed by atoms with Gasteiger partial charge in [0.25, 0.3) is 0 Å². The Bertz CT molecular complexity index is 301. The van der Waals surface area contributed by atoms with Gasteiger partial charge in [-0.15, -0.1) is 0 Å². The number of nitrogens with one attached hydrogen (secondary N) is 1. The van der Waals surface area contributed by atoms with Gasteiger partial charge in [-0.1, -0.05) is 12.1 Å². The maximum absolute atomic E-state index is 5.19. The average molecular weight is 213 g/mol. The van der Waals surface area contributed by atoms with Gasteiger partial charge in [0.1, 0.15) is 6.10 Å². The van der Waals surface area contributed by atoms with E-state index in [0.29, 0.717) is 17.8 Å². The maximum atomic E-state index is 5.19. The summed E-state index contributed by atoms with van der Waals surface area (Å²) in [7, 11) is 3.54. The van der Waals surface area contributed by atoms with Crippen molar-refractivity contribution in [1.82, 2.24) is 15.5 Å². The number of methoxy groups -OCH3 is 1. The molecule has 0 saturated heterocycles. The molecule has 0 radical (unpaired) electrons. The summed E-state index contributed by atoms with van der Waals surface area (Å²) in [4.78, 5) is 4.31. The zero-order valence-corrected chi connectivity index (χ0v) is 9.94. The smallest absolute Gasteiger partial charge is 0.231 e. The second-order valence-electron chi connectivity index (χ2n) is 3.73. The standard InChI is InChI=1S/C10H19N3O2/c1-6(7(2)11-4)10-12-9(13-15-10)8(3)14-5/h6-8,11H,1-5H3. The predicted molar refractivity (Wildman–Crippen MR) is 56.7 cm³/mol. The van der Waals surface area contributed by atoms with Crippen molar-refractivity contribution in [3.8, 4) is 0 Å². The summed E-state index contributed by atoms with van der Waals surface area (Å²) in [6.07, 6.45) is -0.125. The van der Waals surface area contributed by atoms with Crippen LogP contribution in [0.4, 0.5) is 0 Å². The molecule has 3 atom stereocenters. The van der Waals surface area contributed by atoms with Crippen LogP contribution in [0.15, 0.2) is 4.52 Å². The first-order valence-electron chi connectivity index (χ1n) is 5.13. The van der Waals surface area contributed by atoms with E-state index >= 15 is 0 Å². The first-order valence-corrected chi connectivity index (χ1v) is 5.13. The summed E-state index contributed by atoms with van der Waals surface area (Å²) in [5.41, 5.74) is 0. The van der Waals surface area contributed by atoms with Gasteiger partial charge in [-0.3, -0.25) is 0 Å². The summed E-state index contributed by atoms with van der Waals surface area (Å²) in [6.45, 7) is 6.02. The number of likely N-dealkylation sites (N-methyl/N-ethyl adjacent to an activating group) is 1. The van der Waals surface area contributed by atoms with E-state index in [1.54, 1.807) is 7.11 Å². The fraction of sp³-hybridized carbons (Fsp3) is 0.800. The molecule has 1 rings (SSSR count). The molecule has 1 aromatic rings. The molecule has 0 saturated carbocycles. The van der Waals surface area contributed by atoms with Crippen LogP contribution in [0.25, 0.3) is 0 Å². The van der Waals surface area contributed by atoms with Crippen LogP contribution in [-0.2, 0) is 4.74 Å². The van der Waals surface area contributed by atoms with Crippen LogP contribution in [-0.4, -0.2) is 30.3 Å². The van der Waals surface area contributed by atoms with Crippen molar-refractivity contribution >= 4 is 0 Å². The largest absolute Gasteiger partial charge is 0.374 e. The number of ether oxygens (including phenoxy) is 1. The lowest BCUT2D eigenvalue weighted by molar-refractivity contribution is 0.109. The third-order valence-electron chi connectivity index (χ3n) is 2.77. The number of hydrogen-bond donors (Lipinski definition) is 1. The van der Waals surface area contributed by atoms with Gasteiger partial charge in [0.15, 0.2) is 5.82 Å². The average Bonchev–Trinajstić information content (AvgIpc) is 2.75. The molecule has 0 bridgehead atoms. The van der Waals surface area contributed by atoms with E-state index in [1.807, 2.05) is 14.0 Å². The Morgan fingerprint density at radius 2 is 2.00 bits per heavy atom. The van der Waals surface area contributed by atoms with Crippen LogP contribution < -0.4 is 5.32 Å². The van der Waals surface area contributed by atoms with Gasteiger partial charge in [-0.05, 0) is 20.9 Å². The normalized spacial score (nSPS) is 17.4. The Balaban J connectivity index is 2.75. The zero-order chi connectivity index (χ0) is 11.4. The van der Waals surface area contributed by atoms with Crippen LogP contribution in [0, 0.1) is 0 Å². The third-order valence-corrected chi connectivity index (χ3v) is 2.77. The molecule has 3 unspecified atom stereocenters. The van der Waals surface area contributed by atoms with Gasteiger partial charge >= 0.3 is 0 Å². The molecule has 0 fully saturated rings. The molecule has 0 aliphatic heterocycles. The van der Waals surface area contributed by atoms with E-state index in [9.17, 15) is 0 Å². The molecular formula is C10H19N3O2. The Labute approximate surface area is 90.2 Å². The van der Waals surface area contributed by atoms with Crippen LogP contribution in [0.2, 0.25) is 0 Å². The van der Waals surface area contributed by atoms with Crippen LogP contribution in [0.1, 0.15) is 44.5 Å². The molecule has 0 aliphatic carbocycles. The number of hydrogen-bond acceptors (Lipinski definition) is 5. The fourth-order valence-corrected chi connectivity index (χ4v) is 1.17. The van der Waals surface area contributed by atoms with Gasteiger partial charge in [0.2, 0.25) is 5.89 Å². The zero-order valence-electron chi connectivity index (χ0n) is 9.94. The van der Waals surface area contributed by atoms with Crippen molar-refractivity contribution in [2.45, 2.75) is 38.8 Å². The minimum atomic E-state index is -0.125. The van der Waals surface area contributed by atoms with Gasteiger partial charge < -0.3 is 14.6 Å². The highest BCUT2D eigenvalue weighted by Crippen LogP contribution is 2.19. The van der Waals surface area contributed by atoms with E-state index in [4.69, 9.17) is 9.26 Å². The topological polar surface area (TPSA) is 60.2 Å². The third kappa shape index (κ3) is 2.76. The molecule has 1 N–H and O–H groups in total. The van der Waals surface area contributed by atoms with Crippen molar-refractivity contribution in [1.29, 1.82) is 0 Å².